The van der Waals surface area contributed by atoms with Gasteiger partial charge in [0.2, 0.25) is 0 Å². The normalized spacial score (nSPS) is 10.8. The van der Waals surface area contributed by atoms with Gasteiger partial charge in [-0.05, 0) is 41.5 Å². The van der Waals surface area contributed by atoms with Crippen molar-refractivity contribution in [2.45, 2.75) is 0 Å². The second-order valence-electron chi connectivity index (χ2n) is 5.90. The third-order valence-corrected chi connectivity index (χ3v) is 5.18. The molecule has 2 aromatic carbocycles. The van der Waals surface area contributed by atoms with E-state index in [9.17, 15) is 4.79 Å². The summed E-state index contributed by atoms with van der Waals surface area (Å²) >= 11 is 1.34. The van der Waals surface area contributed by atoms with Gasteiger partial charge in [-0.3, -0.25) is 9.78 Å². The fraction of sp³-hybridized carbons (Fsp3) is 0. The van der Waals surface area contributed by atoms with Crippen molar-refractivity contribution in [3.63, 3.8) is 0 Å². The van der Waals surface area contributed by atoms with E-state index in [0.29, 0.717) is 4.88 Å². The van der Waals surface area contributed by atoms with E-state index in [2.05, 4.69) is 10.3 Å². The van der Waals surface area contributed by atoms with Crippen LogP contribution in [0.15, 0.2) is 67.0 Å². The number of fused-ring (bicyclic) bond motifs is 1. The largest absolute Gasteiger partial charge is 0.399 e. The first-order valence-corrected chi connectivity index (χ1v) is 8.82. The van der Waals surface area contributed by atoms with Crippen LogP contribution in [0, 0.1) is 0 Å². The molecule has 26 heavy (non-hydrogen) atoms. The predicted octanol–water partition coefficient (Wildman–Crippen LogP) is 4.39. The SMILES string of the molecule is NC(=O)c1cc2c(Nc3ccc(-c4ccc(N)cc4)cc3)cncc2s1. The fourth-order valence-corrected chi connectivity index (χ4v) is 3.67. The first-order valence-electron chi connectivity index (χ1n) is 8.00. The number of thiophene rings is 1. The lowest BCUT2D eigenvalue weighted by Crippen LogP contribution is -2.08. The summed E-state index contributed by atoms with van der Waals surface area (Å²) < 4.78 is 0.919. The summed E-state index contributed by atoms with van der Waals surface area (Å²) in [7, 11) is 0. The highest BCUT2D eigenvalue weighted by atomic mass is 32.1. The van der Waals surface area contributed by atoms with E-state index in [1.54, 1.807) is 18.5 Å². The number of rotatable bonds is 4. The number of pyridine rings is 1. The molecule has 0 aliphatic heterocycles. The summed E-state index contributed by atoms with van der Waals surface area (Å²) in [5.41, 5.74) is 15.9. The Labute approximate surface area is 154 Å². The van der Waals surface area contributed by atoms with Crippen LogP contribution in [0.5, 0.6) is 0 Å². The van der Waals surface area contributed by atoms with Crippen LogP contribution < -0.4 is 16.8 Å². The zero-order valence-corrected chi connectivity index (χ0v) is 14.6. The maximum absolute atomic E-state index is 11.4. The van der Waals surface area contributed by atoms with E-state index in [-0.39, 0.29) is 0 Å². The van der Waals surface area contributed by atoms with E-state index in [1.807, 2.05) is 48.5 Å². The van der Waals surface area contributed by atoms with Gasteiger partial charge in [-0.25, -0.2) is 0 Å². The van der Waals surface area contributed by atoms with Gasteiger partial charge in [-0.1, -0.05) is 24.3 Å². The lowest BCUT2D eigenvalue weighted by atomic mass is 10.1. The number of benzene rings is 2. The van der Waals surface area contributed by atoms with Gasteiger partial charge in [-0.15, -0.1) is 11.3 Å². The molecule has 2 heterocycles. The molecule has 2 aromatic heterocycles. The number of nitrogens with one attached hydrogen (secondary N) is 1. The number of primary amides is 1. The van der Waals surface area contributed by atoms with Crippen molar-refractivity contribution in [3.05, 3.63) is 71.9 Å². The quantitative estimate of drug-likeness (QED) is 0.471. The summed E-state index contributed by atoms with van der Waals surface area (Å²) in [6.45, 7) is 0. The predicted molar refractivity (Wildman–Crippen MR) is 108 cm³/mol. The maximum atomic E-state index is 11.4. The number of hydrogen-bond acceptors (Lipinski definition) is 5. The van der Waals surface area contributed by atoms with E-state index < -0.39 is 5.91 Å². The van der Waals surface area contributed by atoms with E-state index >= 15 is 0 Å². The van der Waals surface area contributed by atoms with Crippen LogP contribution in [0.4, 0.5) is 17.1 Å². The number of nitrogen functional groups attached to an aromatic ring is 1. The number of carbonyl (C=O) groups excluding carboxylic acids is 1. The van der Waals surface area contributed by atoms with E-state index in [0.717, 1.165) is 38.3 Å². The van der Waals surface area contributed by atoms with Crippen molar-refractivity contribution in [1.82, 2.24) is 4.98 Å². The van der Waals surface area contributed by atoms with Crippen molar-refractivity contribution < 1.29 is 4.79 Å². The van der Waals surface area contributed by atoms with Gasteiger partial charge in [0.1, 0.15) is 0 Å². The zero-order chi connectivity index (χ0) is 18.1. The van der Waals surface area contributed by atoms with Crippen molar-refractivity contribution in [2.24, 2.45) is 5.73 Å². The Bertz CT molecular complexity index is 1090. The number of aromatic nitrogens is 1. The molecule has 0 fully saturated rings. The summed E-state index contributed by atoms with van der Waals surface area (Å²) in [6.07, 6.45) is 3.48. The standard InChI is InChI=1S/C20H16N4OS/c21-14-5-1-12(2-6-14)13-3-7-15(8-4-13)24-17-10-23-11-19-16(17)9-18(26-19)20(22)25/h1-11,24H,21H2,(H2,22,25). The minimum atomic E-state index is -0.426. The Balaban J connectivity index is 1.62. The first-order chi connectivity index (χ1) is 12.6. The van der Waals surface area contributed by atoms with Crippen molar-refractivity contribution in [3.8, 4) is 11.1 Å². The van der Waals surface area contributed by atoms with Crippen LogP contribution in [-0.2, 0) is 0 Å². The molecule has 0 radical (unpaired) electrons. The van der Waals surface area contributed by atoms with Crippen LogP contribution in [0.1, 0.15) is 9.67 Å². The van der Waals surface area contributed by atoms with Crippen LogP contribution in [0.2, 0.25) is 0 Å². The molecule has 6 heteroatoms. The molecule has 5 N–H and O–H groups in total. The lowest BCUT2D eigenvalue weighted by Gasteiger charge is -2.09. The molecule has 4 aromatic rings. The molecule has 0 aliphatic carbocycles. The van der Waals surface area contributed by atoms with Crippen LogP contribution in [0.3, 0.4) is 0 Å². The molecule has 128 valence electrons. The Hall–Kier alpha value is -3.38. The minimum Gasteiger partial charge on any atom is -0.399 e. The average Bonchev–Trinajstić information content (AvgIpc) is 3.09. The molecule has 5 nitrogen and oxygen atoms in total. The summed E-state index contributed by atoms with van der Waals surface area (Å²) in [5.74, 6) is -0.426. The second-order valence-corrected chi connectivity index (χ2v) is 6.98. The highest BCUT2D eigenvalue weighted by Gasteiger charge is 2.10. The molecular formula is C20H16N4OS. The Morgan fingerprint density at radius 3 is 2.27 bits per heavy atom. The molecule has 4 rings (SSSR count). The molecule has 0 saturated heterocycles. The highest BCUT2D eigenvalue weighted by molar-refractivity contribution is 7.20. The van der Waals surface area contributed by atoms with Crippen LogP contribution in [-0.4, -0.2) is 10.9 Å². The number of nitrogens with zero attached hydrogens (tertiary/aromatic N) is 1. The van der Waals surface area contributed by atoms with Gasteiger partial charge in [0.25, 0.3) is 5.91 Å². The number of carbonyl (C=O) groups is 1. The Morgan fingerprint density at radius 1 is 0.962 bits per heavy atom. The highest BCUT2D eigenvalue weighted by Crippen LogP contribution is 2.32. The van der Waals surface area contributed by atoms with Gasteiger partial charge in [0, 0.05) is 23.0 Å². The van der Waals surface area contributed by atoms with Gasteiger partial charge in [0.15, 0.2) is 0 Å². The van der Waals surface area contributed by atoms with Gasteiger partial charge in [0.05, 0.1) is 21.5 Å². The summed E-state index contributed by atoms with van der Waals surface area (Å²) in [6, 6.07) is 17.7. The molecule has 0 aliphatic rings. The van der Waals surface area contributed by atoms with Crippen LogP contribution in [0.25, 0.3) is 21.2 Å². The molecule has 0 bridgehead atoms. The Morgan fingerprint density at radius 2 is 1.62 bits per heavy atom. The third-order valence-electron chi connectivity index (χ3n) is 4.10. The number of anilines is 3. The molecular weight excluding hydrogens is 344 g/mol. The van der Waals surface area contributed by atoms with E-state index in [1.165, 1.54) is 11.3 Å². The lowest BCUT2D eigenvalue weighted by molar-refractivity contribution is 0.100. The number of hydrogen-bond donors (Lipinski definition) is 3. The van der Waals surface area contributed by atoms with Gasteiger partial charge >= 0.3 is 0 Å². The van der Waals surface area contributed by atoms with Gasteiger partial charge in [-0.2, -0.15) is 0 Å². The summed E-state index contributed by atoms with van der Waals surface area (Å²) in [4.78, 5) is 16.2. The number of amides is 1. The summed E-state index contributed by atoms with van der Waals surface area (Å²) in [5, 5.41) is 4.29. The topological polar surface area (TPSA) is 94.0 Å². The minimum absolute atomic E-state index is 0.426. The third kappa shape index (κ3) is 3.10. The second kappa shape index (κ2) is 6.50. The monoisotopic (exact) mass is 360 g/mol. The van der Waals surface area contributed by atoms with Crippen molar-refractivity contribution in [1.29, 1.82) is 0 Å². The molecule has 0 saturated carbocycles. The molecule has 0 atom stereocenters. The average molecular weight is 360 g/mol. The maximum Gasteiger partial charge on any atom is 0.258 e. The van der Waals surface area contributed by atoms with E-state index in [4.69, 9.17) is 11.5 Å². The number of nitrogens with two attached hydrogens (primary N) is 2. The molecule has 0 unspecified atom stereocenters. The first kappa shape index (κ1) is 16.1. The van der Waals surface area contributed by atoms with Crippen LogP contribution >= 0.6 is 11.3 Å². The fourth-order valence-electron chi connectivity index (χ4n) is 2.76. The molecule has 1 amide bonds. The van der Waals surface area contributed by atoms with Crippen molar-refractivity contribution in [2.75, 3.05) is 11.1 Å². The zero-order valence-electron chi connectivity index (χ0n) is 13.8. The Kier molecular flexibility index (Phi) is 4.02. The smallest absolute Gasteiger partial charge is 0.258 e. The van der Waals surface area contributed by atoms with Crippen molar-refractivity contribution >= 4 is 44.4 Å². The van der Waals surface area contributed by atoms with Gasteiger partial charge < -0.3 is 16.8 Å². The molecule has 0 spiro atoms.